The number of para-hydroxylation sites is 1. The van der Waals surface area contributed by atoms with Crippen LogP contribution in [-0.2, 0) is 0 Å². The van der Waals surface area contributed by atoms with Crippen molar-refractivity contribution in [2.45, 2.75) is 28.8 Å². The van der Waals surface area contributed by atoms with E-state index in [1.165, 1.54) is 30.7 Å². The predicted molar refractivity (Wildman–Crippen MR) is 108 cm³/mol. The second-order valence-electron chi connectivity index (χ2n) is 6.77. The molecule has 1 aliphatic rings. The van der Waals surface area contributed by atoms with Crippen LogP contribution in [0.15, 0.2) is 58.6 Å². The average Bonchev–Trinajstić information content (AvgIpc) is 3.44. The Morgan fingerprint density at radius 3 is 2.71 bits per heavy atom. The molecule has 0 aliphatic heterocycles. The third kappa shape index (κ3) is 3.38. The molecule has 5 rings (SSSR count). The predicted octanol–water partition coefficient (Wildman–Crippen LogP) is 4.85. The maximum absolute atomic E-state index is 14.4. The minimum atomic E-state index is -0.386. The van der Waals surface area contributed by atoms with Crippen molar-refractivity contribution in [3.63, 3.8) is 0 Å². The van der Waals surface area contributed by atoms with Crippen LogP contribution in [0, 0.1) is 5.82 Å². The summed E-state index contributed by atoms with van der Waals surface area (Å²) in [7, 11) is 0. The number of nitrogens with two attached hydrogens (primary N) is 1. The molecule has 28 heavy (non-hydrogen) atoms. The number of anilines is 3. The van der Waals surface area contributed by atoms with Crippen LogP contribution in [0.25, 0.3) is 10.9 Å². The Labute approximate surface area is 164 Å². The lowest BCUT2D eigenvalue weighted by Gasteiger charge is -2.09. The normalized spacial score (nSPS) is 13.8. The molecule has 0 saturated heterocycles. The molecule has 4 aromatic rings. The molecular weight excluding hydrogens is 375 g/mol. The fraction of sp³-hybridized carbons (Fsp3) is 0.150. The molecule has 140 valence electrons. The van der Waals surface area contributed by atoms with E-state index < -0.39 is 0 Å². The first kappa shape index (κ1) is 17.0. The monoisotopic (exact) mass is 392 g/mol. The van der Waals surface area contributed by atoms with Crippen LogP contribution in [0.5, 0.6) is 0 Å². The van der Waals surface area contributed by atoms with Crippen molar-refractivity contribution in [1.29, 1.82) is 0 Å². The van der Waals surface area contributed by atoms with E-state index in [2.05, 4.69) is 25.5 Å². The van der Waals surface area contributed by atoms with Crippen molar-refractivity contribution in [2.75, 3.05) is 11.1 Å². The van der Waals surface area contributed by atoms with Gasteiger partial charge >= 0.3 is 0 Å². The van der Waals surface area contributed by atoms with Gasteiger partial charge in [-0.3, -0.25) is 5.10 Å². The quantitative estimate of drug-likeness (QED) is 0.332. The number of hydrogen-bond acceptors (Lipinski definition) is 6. The number of benzene rings is 2. The van der Waals surface area contributed by atoms with Crippen LogP contribution in [-0.4, -0.2) is 20.2 Å². The van der Waals surface area contributed by atoms with Gasteiger partial charge in [0.05, 0.1) is 0 Å². The van der Waals surface area contributed by atoms with E-state index in [4.69, 9.17) is 5.73 Å². The van der Waals surface area contributed by atoms with Gasteiger partial charge in [-0.15, -0.1) is 0 Å². The number of halogens is 1. The zero-order valence-electron chi connectivity index (χ0n) is 14.8. The Balaban J connectivity index is 1.53. The van der Waals surface area contributed by atoms with Gasteiger partial charge in [0.15, 0.2) is 11.0 Å². The Morgan fingerprint density at radius 1 is 1.11 bits per heavy atom. The van der Waals surface area contributed by atoms with Gasteiger partial charge in [-0.1, -0.05) is 6.07 Å². The molecule has 2 heterocycles. The van der Waals surface area contributed by atoms with E-state index in [1.54, 1.807) is 12.1 Å². The summed E-state index contributed by atoms with van der Waals surface area (Å²) >= 11 is 1.35. The van der Waals surface area contributed by atoms with E-state index in [9.17, 15) is 4.39 Å². The molecule has 0 atom stereocenters. The first-order chi connectivity index (χ1) is 13.7. The van der Waals surface area contributed by atoms with Crippen molar-refractivity contribution in [3.05, 3.63) is 60.0 Å². The summed E-state index contributed by atoms with van der Waals surface area (Å²) in [4.78, 5) is 9.95. The van der Waals surface area contributed by atoms with Crippen LogP contribution in [0.2, 0.25) is 0 Å². The molecule has 4 N–H and O–H groups in total. The third-order valence-corrected chi connectivity index (χ3v) is 5.48. The summed E-state index contributed by atoms with van der Waals surface area (Å²) in [5, 5.41) is 11.6. The molecular formula is C20H17FN6S. The van der Waals surface area contributed by atoms with Crippen LogP contribution >= 0.6 is 11.8 Å². The number of nitrogens with zero attached hydrogens (tertiary/aromatic N) is 3. The van der Waals surface area contributed by atoms with Crippen molar-refractivity contribution in [3.8, 4) is 0 Å². The highest BCUT2D eigenvalue weighted by Gasteiger charge is 2.25. The fourth-order valence-electron chi connectivity index (χ4n) is 3.00. The van der Waals surface area contributed by atoms with Gasteiger partial charge in [0.25, 0.3) is 0 Å². The lowest BCUT2D eigenvalue weighted by Crippen LogP contribution is -2.00. The van der Waals surface area contributed by atoms with E-state index in [0.29, 0.717) is 33.8 Å². The number of nitrogen functional groups attached to an aromatic ring is 1. The molecule has 0 radical (unpaired) electrons. The van der Waals surface area contributed by atoms with Gasteiger partial charge in [-0.2, -0.15) is 5.10 Å². The van der Waals surface area contributed by atoms with Gasteiger partial charge < -0.3 is 11.1 Å². The van der Waals surface area contributed by atoms with Gasteiger partial charge in [-0.25, -0.2) is 14.4 Å². The van der Waals surface area contributed by atoms with Crippen molar-refractivity contribution in [2.24, 2.45) is 0 Å². The maximum atomic E-state index is 14.4. The second kappa shape index (κ2) is 6.79. The van der Waals surface area contributed by atoms with Gasteiger partial charge in [0.1, 0.15) is 17.2 Å². The molecule has 1 aliphatic carbocycles. The summed E-state index contributed by atoms with van der Waals surface area (Å²) in [6, 6.07) is 14.2. The molecule has 1 saturated carbocycles. The van der Waals surface area contributed by atoms with Crippen LogP contribution < -0.4 is 11.1 Å². The highest BCUT2D eigenvalue weighted by molar-refractivity contribution is 7.99. The number of aromatic amines is 1. The molecule has 1 fully saturated rings. The largest absolute Gasteiger partial charge is 0.399 e. The molecule has 2 aromatic carbocycles. The summed E-state index contributed by atoms with van der Waals surface area (Å²) < 4.78 is 14.4. The summed E-state index contributed by atoms with van der Waals surface area (Å²) in [6.45, 7) is 0. The Morgan fingerprint density at radius 2 is 1.93 bits per heavy atom. The van der Waals surface area contributed by atoms with Crippen molar-refractivity contribution in [1.82, 2.24) is 20.2 Å². The molecule has 0 amide bonds. The summed E-state index contributed by atoms with van der Waals surface area (Å²) in [5.41, 5.74) is 7.81. The molecule has 2 aromatic heterocycles. The lowest BCUT2D eigenvalue weighted by molar-refractivity contribution is 0.635. The minimum Gasteiger partial charge on any atom is -0.399 e. The van der Waals surface area contributed by atoms with E-state index in [-0.39, 0.29) is 11.3 Å². The summed E-state index contributed by atoms with van der Waals surface area (Å²) in [5.74, 6) is 1.37. The number of H-pyrrole nitrogens is 1. The van der Waals surface area contributed by atoms with Crippen LogP contribution in [0.1, 0.15) is 24.5 Å². The van der Waals surface area contributed by atoms with Crippen LogP contribution in [0.4, 0.5) is 21.7 Å². The molecule has 0 unspecified atom stereocenters. The number of rotatable bonds is 5. The fourth-order valence-corrected chi connectivity index (χ4v) is 3.76. The number of hydrogen-bond donors (Lipinski definition) is 3. The zero-order chi connectivity index (χ0) is 19.1. The molecule has 0 spiro atoms. The second-order valence-corrected chi connectivity index (χ2v) is 7.81. The number of aromatic nitrogens is 4. The Hall–Kier alpha value is -3.13. The lowest BCUT2D eigenvalue weighted by atomic mass is 10.2. The van der Waals surface area contributed by atoms with Crippen molar-refractivity contribution < 1.29 is 4.39 Å². The molecule has 8 heteroatoms. The molecule has 0 bridgehead atoms. The number of fused-ring (bicyclic) bond motifs is 1. The van der Waals surface area contributed by atoms with Gasteiger partial charge in [-0.05, 0) is 61.0 Å². The standard InChI is InChI=1S/C20H17FN6S/c21-15-3-1-2-14-18(15)24-20(28-13-8-6-12(22)7-9-13)25-19(14)23-17-10-16(26-27-17)11-4-5-11/h1-3,6-11H,4-5,22H2,(H2,23,24,25,26,27). The van der Waals surface area contributed by atoms with E-state index >= 15 is 0 Å². The smallest absolute Gasteiger partial charge is 0.195 e. The Bertz CT molecular complexity index is 1150. The van der Waals surface area contributed by atoms with Gasteiger partial charge in [0, 0.05) is 33.6 Å². The zero-order valence-corrected chi connectivity index (χ0v) is 15.6. The number of nitrogens with one attached hydrogen (secondary N) is 2. The van der Waals surface area contributed by atoms with E-state index in [0.717, 1.165) is 10.6 Å². The highest BCUT2D eigenvalue weighted by Crippen LogP contribution is 2.40. The third-order valence-electron chi connectivity index (χ3n) is 4.61. The van der Waals surface area contributed by atoms with E-state index in [1.807, 2.05) is 30.3 Å². The SMILES string of the molecule is Nc1ccc(Sc2nc(Nc3cc(C4CC4)[nH]n3)c3cccc(F)c3n2)cc1. The van der Waals surface area contributed by atoms with Crippen LogP contribution in [0.3, 0.4) is 0 Å². The topological polar surface area (TPSA) is 92.5 Å². The summed E-state index contributed by atoms with van der Waals surface area (Å²) in [6.07, 6.45) is 2.37. The average molecular weight is 392 g/mol. The Kier molecular flexibility index (Phi) is 4.12. The molecule has 6 nitrogen and oxygen atoms in total. The maximum Gasteiger partial charge on any atom is 0.195 e. The highest BCUT2D eigenvalue weighted by atomic mass is 32.2. The first-order valence-corrected chi connectivity index (χ1v) is 9.79. The first-order valence-electron chi connectivity index (χ1n) is 8.98. The minimum absolute atomic E-state index is 0.274. The van der Waals surface area contributed by atoms with Crippen molar-refractivity contribution >= 4 is 40.0 Å². The van der Waals surface area contributed by atoms with Gasteiger partial charge in [0.2, 0.25) is 0 Å².